The number of aliphatic carboxylic acids is 2. The Balaban J connectivity index is -0.0000000595. The molecule has 0 aliphatic heterocycles. The number of carbonyl (C=O) groups is 2. The molecule has 0 aromatic carbocycles. The van der Waals surface area contributed by atoms with Gasteiger partial charge in [-0.15, -0.1) is 0 Å². The second-order valence-electron chi connectivity index (χ2n) is 11.7. The summed E-state index contributed by atoms with van der Waals surface area (Å²) in [6.07, 6.45) is 23.8. The summed E-state index contributed by atoms with van der Waals surface area (Å²) in [5.74, 6) is -1.50. The predicted molar refractivity (Wildman–Crippen MR) is 214 cm³/mol. The van der Waals surface area contributed by atoms with Gasteiger partial charge < -0.3 is 56.9 Å². The van der Waals surface area contributed by atoms with E-state index in [1.165, 1.54) is 96.3 Å². The molecule has 0 amide bonds. The van der Waals surface area contributed by atoms with E-state index in [1.54, 1.807) is 0 Å². The Morgan fingerprint density at radius 2 is 0.769 bits per heavy atom. The molecule has 0 saturated heterocycles. The predicted octanol–water partition coefficient (Wildman–Crippen LogP) is 7.38. The fourth-order valence-corrected chi connectivity index (χ4v) is 4.69. The first kappa shape index (κ1) is 76.6. The van der Waals surface area contributed by atoms with E-state index in [4.69, 9.17) is 26.2 Å². The van der Waals surface area contributed by atoms with Crippen LogP contribution in [0.1, 0.15) is 162 Å². The molecule has 18 heteroatoms. The summed E-state index contributed by atoms with van der Waals surface area (Å²) in [5, 5.41) is 22.8. The van der Waals surface area contributed by atoms with Gasteiger partial charge in [0.15, 0.2) is 0 Å². The average Bonchev–Trinajstić information content (AvgIpc) is 2.98. The van der Waals surface area contributed by atoms with Gasteiger partial charge in [0.05, 0.1) is 5.75 Å². The van der Waals surface area contributed by atoms with E-state index in [2.05, 4.69) is 17.6 Å². The molecule has 21 N–H and O–H groups in total. The van der Waals surface area contributed by atoms with Crippen LogP contribution in [0.5, 0.6) is 0 Å². The first-order valence-electron chi connectivity index (χ1n) is 18.2. The van der Waals surface area contributed by atoms with Crippen molar-refractivity contribution in [1.82, 2.24) is 35.2 Å². The Hall–Kier alpha value is -0.0934. The largest absolute Gasteiger partial charge is 0.481 e. The van der Waals surface area contributed by atoms with Crippen LogP contribution in [0, 0.1) is 0 Å². The minimum Gasteiger partial charge on any atom is -0.481 e. The summed E-state index contributed by atoms with van der Waals surface area (Å²) >= 11 is 0. The zero-order valence-corrected chi connectivity index (χ0v) is 38.9. The van der Waals surface area contributed by atoms with Gasteiger partial charge in [0.25, 0.3) is 10.1 Å². The van der Waals surface area contributed by atoms with Crippen molar-refractivity contribution in [2.45, 2.75) is 162 Å². The van der Waals surface area contributed by atoms with Gasteiger partial charge in [-0.2, -0.15) is 8.42 Å². The number of nitrogens with two attached hydrogens (primary N) is 2. The number of carboxylic acids is 2. The minimum absolute atomic E-state index is 0. The Morgan fingerprint density at radius 1 is 0.481 bits per heavy atom. The molecule has 0 rings (SSSR count). The van der Waals surface area contributed by atoms with E-state index in [0.717, 1.165) is 65.0 Å². The van der Waals surface area contributed by atoms with Gasteiger partial charge in [-0.05, 0) is 71.1 Å². The molecule has 332 valence electrons. The third kappa shape index (κ3) is 104. The summed E-state index contributed by atoms with van der Waals surface area (Å²) in [6.45, 7) is 12.0. The maximum Gasteiger partial charge on any atom is 0.303 e. The van der Waals surface area contributed by atoms with E-state index in [1.807, 2.05) is 13.8 Å². The molecule has 0 aliphatic rings. The van der Waals surface area contributed by atoms with Crippen LogP contribution in [0.4, 0.5) is 0 Å². The molecular formula is C34H88N8O7Pt2S. The first-order valence-corrected chi connectivity index (χ1v) is 19.8. The van der Waals surface area contributed by atoms with Crippen molar-refractivity contribution in [1.29, 1.82) is 0 Å². The summed E-state index contributed by atoms with van der Waals surface area (Å²) in [4.78, 5) is 19.2. The summed E-state index contributed by atoms with van der Waals surface area (Å²) < 4.78 is 29.4. The van der Waals surface area contributed by atoms with Gasteiger partial charge in [0.2, 0.25) is 0 Å². The maximum absolute atomic E-state index is 10.4. The van der Waals surface area contributed by atoms with Crippen LogP contribution < -0.4 is 46.7 Å². The molecule has 0 atom stereocenters. The fraction of sp³-hybridized carbons (Fsp3) is 0.941. The number of hydrogen-bond acceptors (Lipinski definition) is 12. The molecule has 0 fully saturated rings. The molecular weight excluding hydrogens is 1050 g/mol. The van der Waals surface area contributed by atoms with Gasteiger partial charge in [-0.25, -0.2) is 0 Å². The summed E-state index contributed by atoms with van der Waals surface area (Å²) in [5.41, 5.74) is 10.9. The van der Waals surface area contributed by atoms with Crippen molar-refractivity contribution in [2.24, 2.45) is 11.5 Å². The van der Waals surface area contributed by atoms with Crippen LogP contribution in [-0.4, -0.2) is 80.1 Å². The van der Waals surface area contributed by atoms with E-state index < -0.39 is 22.1 Å². The SMILES string of the molecule is CCCC(=O)O.CCCC(=O)O.CCCCCCCCCCCCS(=O)(=O)O.N.N.N.N.NCCCCCCNCCNCCCCCCN.[Pt].[Pt]. The number of rotatable bonds is 30. The molecule has 0 bridgehead atoms. The summed E-state index contributed by atoms with van der Waals surface area (Å²) in [6, 6.07) is 0. The number of hydrogen-bond donors (Lipinski definition) is 11. The zero-order valence-electron chi connectivity index (χ0n) is 33.5. The quantitative estimate of drug-likeness (QED) is 0.0247. The molecule has 0 radical (unpaired) electrons. The van der Waals surface area contributed by atoms with Gasteiger partial charge in [-0.1, -0.05) is 104 Å². The van der Waals surface area contributed by atoms with E-state index in [-0.39, 0.29) is 72.5 Å². The average molecular weight is 1140 g/mol. The second-order valence-corrected chi connectivity index (χ2v) is 13.2. The molecule has 0 heterocycles. The molecule has 0 saturated carbocycles. The maximum atomic E-state index is 10.4. The van der Waals surface area contributed by atoms with Crippen LogP contribution in [0.3, 0.4) is 0 Å². The normalized spacial score (nSPS) is 9.35. The second kappa shape index (κ2) is 68.9. The monoisotopic (exact) mass is 1140 g/mol. The third-order valence-corrected chi connectivity index (χ3v) is 7.58. The van der Waals surface area contributed by atoms with Crippen molar-refractivity contribution < 1.29 is 74.9 Å². The summed E-state index contributed by atoms with van der Waals surface area (Å²) in [7, 11) is -3.73. The standard InChI is InChI=1S/C14H34N4.C12H26O3S.2C4H8O2.4H3N.2Pt/c15-9-5-1-3-7-11-17-13-14-18-12-8-4-2-6-10-16;1-2-3-4-5-6-7-8-9-10-11-12-16(13,14)15;2*1-2-3-4(5)6;;;;;;/h17-18H,1-16H2;2-12H2,1H3,(H,13,14,15);2*2-3H2,1H3,(H,5,6);4*1H3;;. The van der Waals surface area contributed by atoms with Crippen molar-refractivity contribution in [3.8, 4) is 0 Å². The molecule has 0 aliphatic carbocycles. The molecule has 0 aromatic rings. The molecule has 15 nitrogen and oxygen atoms in total. The van der Waals surface area contributed by atoms with Crippen molar-refractivity contribution in [3.05, 3.63) is 0 Å². The van der Waals surface area contributed by atoms with E-state index in [9.17, 15) is 18.0 Å². The molecule has 0 unspecified atom stereocenters. The van der Waals surface area contributed by atoms with Crippen LogP contribution in [0.25, 0.3) is 0 Å². The Labute approximate surface area is 348 Å². The molecule has 0 aromatic heterocycles. The Bertz CT molecular complexity index is 691. The zero-order chi connectivity index (χ0) is 35.6. The Morgan fingerprint density at radius 3 is 1.02 bits per heavy atom. The topological polar surface area (TPSA) is 345 Å². The van der Waals surface area contributed by atoms with E-state index in [0.29, 0.717) is 19.3 Å². The molecule has 0 spiro atoms. The van der Waals surface area contributed by atoms with Gasteiger partial charge in [0.1, 0.15) is 0 Å². The van der Waals surface area contributed by atoms with Crippen LogP contribution in [-0.2, 0) is 61.8 Å². The number of nitrogens with one attached hydrogen (secondary N) is 2. The number of carboxylic acid groups (broad SMARTS) is 2. The first-order chi connectivity index (χ1) is 22.0. The van der Waals surface area contributed by atoms with Crippen molar-refractivity contribution >= 4 is 22.1 Å². The van der Waals surface area contributed by atoms with Gasteiger partial charge in [0, 0.05) is 68.1 Å². The molecule has 52 heavy (non-hydrogen) atoms. The van der Waals surface area contributed by atoms with Gasteiger partial charge >= 0.3 is 11.9 Å². The number of unbranched alkanes of at least 4 members (excludes halogenated alkanes) is 15. The smallest absolute Gasteiger partial charge is 0.303 e. The van der Waals surface area contributed by atoms with E-state index >= 15 is 0 Å². The van der Waals surface area contributed by atoms with Crippen molar-refractivity contribution in [2.75, 3.05) is 45.0 Å². The van der Waals surface area contributed by atoms with Crippen molar-refractivity contribution in [3.63, 3.8) is 0 Å². The van der Waals surface area contributed by atoms with Crippen LogP contribution in [0.2, 0.25) is 0 Å². The van der Waals surface area contributed by atoms with Crippen LogP contribution in [0.15, 0.2) is 0 Å². The van der Waals surface area contributed by atoms with Gasteiger partial charge in [-0.3, -0.25) is 14.1 Å². The van der Waals surface area contributed by atoms with Crippen LogP contribution >= 0.6 is 0 Å². The minimum atomic E-state index is -3.73. The Kier molecular flexibility index (Phi) is 101. The third-order valence-electron chi connectivity index (χ3n) is 6.78. The fourth-order valence-electron chi connectivity index (χ4n) is 4.12.